The molecule has 1 spiro atoms. The Labute approximate surface area is 164 Å². The number of carbonyl (C=O) groups excluding carboxylic acids is 2. The van der Waals surface area contributed by atoms with Crippen LogP contribution in [-0.4, -0.2) is 35.7 Å². The van der Waals surface area contributed by atoms with E-state index in [1.165, 1.54) is 0 Å². The van der Waals surface area contributed by atoms with Gasteiger partial charge in [0.1, 0.15) is 5.54 Å². The fourth-order valence-electron chi connectivity index (χ4n) is 3.91. The molecule has 0 bridgehead atoms. The molecule has 0 atom stereocenters. The maximum atomic E-state index is 12.7. The Morgan fingerprint density at radius 3 is 2.29 bits per heavy atom. The van der Waals surface area contributed by atoms with Crippen molar-refractivity contribution >= 4 is 29.5 Å². The Morgan fingerprint density at radius 1 is 0.964 bits per heavy atom. The van der Waals surface area contributed by atoms with Crippen molar-refractivity contribution in [3.8, 4) is 0 Å². The molecule has 28 heavy (non-hydrogen) atoms. The summed E-state index contributed by atoms with van der Waals surface area (Å²) in [6.07, 6.45) is 5.98. The van der Waals surface area contributed by atoms with Gasteiger partial charge in [0, 0.05) is 18.4 Å². The lowest BCUT2D eigenvalue weighted by Gasteiger charge is -2.29. The van der Waals surface area contributed by atoms with Crippen molar-refractivity contribution < 1.29 is 9.59 Å². The number of rotatable bonds is 4. The van der Waals surface area contributed by atoms with E-state index >= 15 is 0 Å². The molecule has 0 radical (unpaired) electrons. The van der Waals surface area contributed by atoms with E-state index in [1.807, 2.05) is 61.6 Å². The Kier molecular flexibility index (Phi) is 4.86. The zero-order valence-electron chi connectivity index (χ0n) is 16.0. The topological polar surface area (TPSA) is 65.0 Å². The van der Waals surface area contributed by atoms with Gasteiger partial charge in [-0.1, -0.05) is 49.6 Å². The number of imide groups is 1. The van der Waals surface area contributed by atoms with Crippen LogP contribution < -0.4 is 10.2 Å². The van der Waals surface area contributed by atoms with E-state index in [-0.39, 0.29) is 5.91 Å². The number of amides is 3. The fraction of sp³-hybridized carbons (Fsp3) is 0.318. The maximum absolute atomic E-state index is 12.7. The number of hydrazone groups is 1. The molecule has 0 unspecified atom stereocenters. The van der Waals surface area contributed by atoms with Crippen molar-refractivity contribution in [3.63, 3.8) is 0 Å². The Bertz CT molecular complexity index is 887. The molecule has 2 aromatic rings. The highest BCUT2D eigenvalue weighted by atomic mass is 16.2. The number of anilines is 2. The summed E-state index contributed by atoms with van der Waals surface area (Å²) < 4.78 is 0. The monoisotopic (exact) mass is 376 g/mol. The second kappa shape index (κ2) is 7.46. The average Bonchev–Trinajstić information content (AvgIpc) is 2.96. The molecule has 2 aromatic carbocycles. The van der Waals surface area contributed by atoms with Crippen LogP contribution in [0.4, 0.5) is 16.2 Å². The van der Waals surface area contributed by atoms with Gasteiger partial charge in [-0.3, -0.25) is 4.79 Å². The number of hydrogen-bond donors (Lipinski definition) is 1. The molecule has 1 saturated carbocycles. The molecule has 4 rings (SSSR count). The van der Waals surface area contributed by atoms with Crippen molar-refractivity contribution in [2.45, 2.75) is 37.6 Å². The lowest BCUT2D eigenvalue weighted by atomic mass is 9.82. The zero-order chi connectivity index (χ0) is 19.6. The predicted octanol–water partition coefficient (Wildman–Crippen LogP) is 4.04. The number of nitrogens with one attached hydrogen (secondary N) is 1. The fourth-order valence-corrected chi connectivity index (χ4v) is 3.91. The van der Waals surface area contributed by atoms with Gasteiger partial charge in [-0.15, -0.1) is 5.01 Å². The normalized spacial score (nSPS) is 18.7. The number of carbonyl (C=O) groups is 2. The number of nitrogens with zero attached hydrogens (tertiary/aromatic N) is 3. The lowest BCUT2D eigenvalue weighted by Crippen LogP contribution is -2.48. The second-order valence-electron chi connectivity index (χ2n) is 7.42. The van der Waals surface area contributed by atoms with Gasteiger partial charge in [-0.05, 0) is 42.7 Å². The molecular formula is C22H24N4O2. The van der Waals surface area contributed by atoms with Gasteiger partial charge in [0.25, 0.3) is 5.91 Å². The Balaban J connectivity index is 1.46. The number of benzene rings is 2. The van der Waals surface area contributed by atoms with Gasteiger partial charge < -0.3 is 10.2 Å². The van der Waals surface area contributed by atoms with E-state index < -0.39 is 11.6 Å². The van der Waals surface area contributed by atoms with Gasteiger partial charge >= 0.3 is 6.03 Å². The van der Waals surface area contributed by atoms with Crippen LogP contribution in [0.5, 0.6) is 0 Å². The van der Waals surface area contributed by atoms with Crippen LogP contribution in [0.2, 0.25) is 0 Å². The summed E-state index contributed by atoms with van der Waals surface area (Å²) >= 11 is 0. The molecule has 3 amide bonds. The van der Waals surface area contributed by atoms with Crippen molar-refractivity contribution in [1.29, 1.82) is 0 Å². The van der Waals surface area contributed by atoms with Crippen LogP contribution in [-0.2, 0) is 4.79 Å². The van der Waals surface area contributed by atoms with Crippen LogP contribution in [0.25, 0.3) is 0 Å². The molecule has 144 valence electrons. The molecule has 1 saturated heterocycles. The third-order valence-corrected chi connectivity index (χ3v) is 5.59. The van der Waals surface area contributed by atoms with Crippen molar-refractivity contribution in [1.82, 2.24) is 10.3 Å². The third-order valence-electron chi connectivity index (χ3n) is 5.59. The van der Waals surface area contributed by atoms with Gasteiger partial charge in [0.05, 0.1) is 6.21 Å². The third kappa shape index (κ3) is 3.38. The molecule has 2 fully saturated rings. The summed E-state index contributed by atoms with van der Waals surface area (Å²) in [7, 11) is 2.01. The van der Waals surface area contributed by atoms with E-state index in [0.717, 1.165) is 41.2 Å². The van der Waals surface area contributed by atoms with E-state index in [9.17, 15) is 9.59 Å². The molecule has 0 aromatic heterocycles. The van der Waals surface area contributed by atoms with Crippen molar-refractivity contribution in [2.24, 2.45) is 5.10 Å². The second-order valence-corrected chi connectivity index (χ2v) is 7.42. The summed E-state index contributed by atoms with van der Waals surface area (Å²) in [4.78, 5) is 27.1. The van der Waals surface area contributed by atoms with Gasteiger partial charge in [0.15, 0.2) is 0 Å². The minimum atomic E-state index is -0.741. The molecule has 1 aliphatic heterocycles. The molecule has 1 heterocycles. The van der Waals surface area contributed by atoms with Crippen molar-refractivity contribution in [2.75, 3.05) is 11.9 Å². The van der Waals surface area contributed by atoms with Crippen LogP contribution in [0, 0.1) is 0 Å². The van der Waals surface area contributed by atoms with Gasteiger partial charge in [-0.2, -0.15) is 5.10 Å². The van der Waals surface area contributed by atoms with Gasteiger partial charge in [-0.25, -0.2) is 4.79 Å². The smallest absolute Gasteiger partial charge is 0.345 e. The average molecular weight is 376 g/mol. The molecule has 6 heteroatoms. The number of hydrogen-bond acceptors (Lipinski definition) is 4. The summed E-state index contributed by atoms with van der Waals surface area (Å²) in [5.41, 5.74) is 2.23. The molecular weight excluding hydrogens is 352 g/mol. The first kappa shape index (κ1) is 18.2. The SMILES string of the molecule is CN(c1ccccc1)c1ccc(C=NN2C(=O)NC3(CCCCC3)C2=O)cc1. The highest BCUT2D eigenvalue weighted by molar-refractivity contribution is 6.07. The van der Waals surface area contributed by atoms with Crippen molar-refractivity contribution in [3.05, 3.63) is 60.2 Å². The van der Waals surface area contributed by atoms with Crippen LogP contribution in [0.3, 0.4) is 0 Å². The minimum Gasteiger partial charge on any atom is -0.345 e. The summed E-state index contributed by atoms with van der Waals surface area (Å²) in [5, 5.41) is 8.02. The summed E-state index contributed by atoms with van der Waals surface area (Å²) in [6, 6.07) is 17.5. The maximum Gasteiger partial charge on any atom is 0.346 e. The number of para-hydroxylation sites is 1. The van der Waals surface area contributed by atoms with Crippen LogP contribution in [0.15, 0.2) is 59.7 Å². The Morgan fingerprint density at radius 2 is 1.61 bits per heavy atom. The number of urea groups is 1. The molecule has 1 aliphatic carbocycles. The first-order valence-electron chi connectivity index (χ1n) is 9.69. The minimum absolute atomic E-state index is 0.228. The van der Waals surface area contributed by atoms with E-state index in [1.54, 1.807) is 6.21 Å². The van der Waals surface area contributed by atoms with E-state index in [2.05, 4.69) is 15.3 Å². The molecule has 6 nitrogen and oxygen atoms in total. The Hall–Kier alpha value is -3.15. The van der Waals surface area contributed by atoms with E-state index in [0.29, 0.717) is 12.8 Å². The molecule has 2 aliphatic rings. The highest BCUT2D eigenvalue weighted by Crippen LogP contribution is 2.33. The van der Waals surface area contributed by atoms with Crippen LogP contribution >= 0.6 is 0 Å². The van der Waals surface area contributed by atoms with Gasteiger partial charge in [0.2, 0.25) is 0 Å². The summed E-state index contributed by atoms with van der Waals surface area (Å²) in [5.74, 6) is -0.228. The predicted molar refractivity (Wildman–Crippen MR) is 110 cm³/mol. The van der Waals surface area contributed by atoms with E-state index in [4.69, 9.17) is 0 Å². The summed E-state index contributed by atoms with van der Waals surface area (Å²) in [6.45, 7) is 0. The van der Waals surface area contributed by atoms with Crippen LogP contribution in [0.1, 0.15) is 37.7 Å². The quantitative estimate of drug-likeness (QED) is 0.647. The largest absolute Gasteiger partial charge is 0.346 e. The first-order chi connectivity index (χ1) is 13.6. The first-order valence-corrected chi connectivity index (χ1v) is 9.69. The zero-order valence-corrected chi connectivity index (χ0v) is 16.0. The lowest BCUT2D eigenvalue weighted by molar-refractivity contribution is -0.132. The molecule has 1 N–H and O–H groups in total. The standard InChI is InChI=1S/C22H24N4O2/c1-25(18-8-4-2-5-9-18)19-12-10-17(11-13-19)16-23-26-20(27)22(24-21(26)28)14-6-3-7-15-22/h2,4-5,8-13,16H,3,6-7,14-15H2,1H3,(H,24,28). The highest BCUT2D eigenvalue weighted by Gasteiger charge is 2.51.